The highest BCUT2D eigenvalue weighted by Gasteiger charge is 2.33. The van der Waals surface area contributed by atoms with E-state index < -0.39 is 9.84 Å². The summed E-state index contributed by atoms with van der Waals surface area (Å²) in [6, 6.07) is 0. The molecule has 1 aliphatic heterocycles. The van der Waals surface area contributed by atoms with Gasteiger partial charge in [0.15, 0.2) is 9.84 Å². The molecule has 1 rings (SSSR count). The Bertz CT molecular complexity index is 346. The molecule has 0 aromatic heterocycles. The first kappa shape index (κ1) is 16.3. The molecule has 0 amide bonds. The van der Waals surface area contributed by atoms with Gasteiger partial charge in [-0.15, -0.1) is 0 Å². The van der Waals surface area contributed by atoms with Crippen molar-refractivity contribution >= 4 is 21.6 Å². The van der Waals surface area contributed by atoms with Crippen LogP contribution >= 0.6 is 11.8 Å². The van der Waals surface area contributed by atoms with Gasteiger partial charge in [0.1, 0.15) is 0 Å². The molecule has 2 atom stereocenters. The summed E-state index contributed by atoms with van der Waals surface area (Å²) in [6.45, 7) is 7.41. The highest BCUT2D eigenvalue weighted by atomic mass is 32.2. The quantitative estimate of drug-likeness (QED) is 0.815. The van der Waals surface area contributed by atoms with E-state index in [2.05, 4.69) is 32.3 Å². The summed E-state index contributed by atoms with van der Waals surface area (Å²) in [5, 5.41) is 3.53. The maximum Gasteiger partial charge on any atom is 0.150 e. The van der Waals surface area contributed by atoms with E-state index in [9.17, 15) is 8.42 Å². The highest BCUT2D eigenvalue weighted by molar-refractivity contribution is 7.98. The van der Waals surface area contributed by atoms with Gasteiger partial charge in [-0.25, -0.2) is 8.42 Å². The molecule has 1 N–H and O–H groups in total. The second-order valence-electron chi connectivity index (χ2n) is 6.34. The molecule has 1 fully saturated rings. The fraction of sp³-hybridized carbons (Fsp3) is 1.00. The van der Waals surface area contributed by atoms with E-state index in [0.717, 1.165) is 25.1 Å². The Morgan fingerprint density at radius 3 is 2.50 bits per heavy atom. The van der Waals surface area contributed by atoms with Crippen LogP contribution in [0.25, 0.3) is 0 Å². The molecule has 2 unspecified atom stereocenters. The summed E-state index contributed by atoms with van der Waals surface area (Å²) in [7, 11) is -2.75. The first-order chi connectivity index (χ1) is 8.23. The van der Waals surface area contributed by atoms with Crippen LogP contribution in [0, 0.1) is 11.8 Å². The third-order valence-electron chi connectivity index (χ3n) is 3.52. The molecule has 0 spiro atoms. The average molecular weight is 293 g/mol. The smallest absolute Gasteiger partial charge is 0.150 e. The molecule has 0 saturated carbocycles. The lowest BCUT2D eigenvalue weighted by Gasteiger charge is -2.28. The summed E-state index contributed by atoms with van der Waals surface area (Å²) in [6.07, 6.45) is 4.08. The number of sulfone groups is 1. The lowest BCUT2D eigenvalue weighted by Crippen LogP contribution is -2.41. The molecular weight excluding hydrogens is 266 g/mol. The lowest BCUT2D eigenvalue weighted by atomic mass is 9.89. The van der Waals surface area contributed by atoms with Crippen LogP contribution in [0.4, 0.5) is 0 Å². The SMILES string of the molecule is CSCCC(CNC(C)(C)C)C1CCS(=O)(=O)C1. The van der Waals surface area contributed by atoms with E-state index in [4.69, 9.17) is 0 Å². The predicted octanol–water partition coefficient (Wildman–Crippen LogP) is 2.18. The largest absolute Gasteiger partial charge is 0.312 e. The molecule has 1 heterocycles. The maximum atomic E-state index is 11.6. The molecule has 5 heteroatoms. The Hall–Kier alpha value is 0.260. The van der Waals surface area contributed by atoms with Crippen molar-refractivity contribution in [3.05, 3.63) is 0 Å². The van der Waals surface area contributed by atoms with E-state index in [-0.39, 0.29) is 5.54 Å². The van der Waals surface area contributed by atoms with Crippen LogP contribution in [0.15, 0.2) is 0 Å². The van der Waals surface area contributed by atoms with E-state index in [1.54, 1.807) is 0 Å². The Morgan fingerprint density at radius 1 is 1.39 bits per heavy atom. The van der Waals surface area contributed by atoms with Crippen molar-refractivity contribution in [1.29, 1.82) is 0 Å². The zero-order valence-electron chi connectivity index (χ0n) is 12.0. The second kappa shape index (κ2) is 6.62. The van der Waals surface area contributed by atoms with Crippen molar-refractivity contribution in [2.45, 2.75) is 39.2 Å². The standard InChI is InChI=1S/C13H27NO2S2/c1-13(2,3)14-9-11(5-7-17-4)12-6-8-18(15,16)10-12/h11-12,14H,5-10H2,1-4H3. The van der Waals surface area contributed by atoms with E-state index >= 15 is 0 Å². The van der Waals surface area contributed by atoms with Gasteiger partial charge in [0, 0.05) is 5.54 Å². The first-order valence-corrected chi connectivity index (χ1v) is 9.89. The molecule has 0 aromatic carbocycles. The van der Waals surface area contributed by atoms with Crippen molar-refractivity contribution in [2.24, 2.45) is 11.8 Å². The van der Waals surface area contributed by atoms with Gasteiger partial charge >= 0.3 is 0 Å². The van der Waals surface area contributed by atoms with Gasteiger partial charge in [-0.1, -0.05) is 0 Å². The van der Waals surface area contributed by atoms with Crippen LogP contribution in [-0.2, 0) is 9.84 Å². The first-order valence-electron chi connectivity index (χ1n) is 6.68. The molecule has 0 radical (unpaired) electrons. The van der Waals surface area contributed by atoms with Gasteiger partial charge in [-0.05, 0) is 64.0 Å². The number of thioether (sulfide) groups is 1. The molecule has 0 aromatic rings. The zero-order valence-corrected chi connectivity index (χ0v) is 13.7. The number of nitrogens with one attached hydrogen (secondary N) is 1. The minimum atomic E-state index is -2.75. The van der Waals surface area contributed by atoms with Gasteiger partial charge in [0.2, 0.25) is 0 Å². The molecule has 108 valence electrons. The molecule has 1 saturated heterocycles. The summed E-state index contributed by atoms with van der Waals surface area (Å²) in [5.74, 6) is 2.76. The van der Waals surface area contributed by atoms with Crippen molar-refractivity contribution < 1.29 is 8.42 Å². The number of hydrogen-bond acceptors (Lipinski definition) is 4. The maximum absolute atomic E-state index is 11.6. The Balaban J connectivity index is 2.55. The molecule has 18 heavy (non-hydrogen) atoms. The van der Waals surface area contributed by atoms with Gasteiger partial charge < -0.3 is 5.32 Å². The summed E-state index contributed by atoms with van der Waals surface area (Å²) in [5.41, 5.74) is 0.106. The van der Waals surface area contributed by atoms with Crippen LogP contribution in [-0.4, -0.2) is 44.0 Å². The van der Waals surface area contributed by atoms with E-state index in [1.807, 2.05) is 11.8 Å². The van der Waals surface area contributed by atoms with Crippen molar-refractivity contribution in [3.8, 4) is 0 Å². The normalized spacial score (nSPS) is 25.2. The minimum absolute atomic E-state index is 0.106. The number of rotatable bonds is 6. The average Bonchev–Trinajstić information content (AvgIpc) is 2.57. The zero-order chi connectivity index (χ0) is 13.8. The van der Waals surface area contributed by atoms with Gasteiger partial charge in [0.25, 0.3) is 0 Å². The minimum Gasteiger partial charge on any atom is -0.312 e. The molecule has 1 aliphatic rings. The fourth-order valence-electron chi connectivity index (χ4n) is 2.41. The van der Waals surface area contributed by atoms with E-state index in [1.165, 1.54) is 0 Å². The van der Waals surface area contributed by atoms with Gasteiger partial charge in [-0.3, -0.25) is 0 Å². The van der Waals surface area contributed by atoms with Crippen LogP contribution in [0.2, 0.25) is 0 Å². The summed E-state index contributed by atoms with van der Waals surface area (Å²) in [4.78, 5) is 0. The van der Waals surface area contributed by atoms with Crippen molar-refractivity contribution in [3.63, 3.8) is 0 Å². The van der Waals surface area contributed by atoms with E-state index in [0.29, 0.717) is 23.3 Å². The van der Waals surface area contributed by atoms with Crippen molar-refractivity contribution in [1.82, 2.24) is 5.32 Å². The molecular formula is C13H27NO2S2. The number of hydrogen-bond donors (Lipinski definition) is 1. The monoisotopic (exact) mass is 293 g/mol. The van der Waals surface area contributed by atoms with Crippen LogP contribution < -0.4 is 5.32 Å². The second-order valence-corrected chi connectivity index (χ2v) is 9.55. The Labute approximate surface area is 116 Å². The van der Waals surface area contributed by atoms with Crippen molar-refractivity contribution in [2.75, 3.05) is 30.1 Å². The summed E-state index contributed by atoms with van der Waals surface area (Å²) < 4.78 is 23.2. The molecule has 3 nitrogen and oxygen atoms in total. The third-order valence-corrected chi connectivity index (χ3v) is 5.96. The highest BCUT2D eigenvalue weighted by Crippen LogP contribution is 2.29. The van der Waals surface area contributed by atoms with Gasteiger partial charge in [-0.2, -0.15) is 11.8 Å². The lowest BCUT2D eigenvalue weighted by molar-refractivity contribution is 0.298. The Kier molecular flexibility index (Phi) is 6.00. The molecule has 0 bridgehead atoms. The Morgan fingerprint density at radius 2 is 2.06 bits per heavy atom. The third kappa shape index (κ3) is 5.93. The summed E-state index contributed by atoms with van der Waals surface area (Å²) >= 11 is 1.84. The topological polar surface area (TPSA) is 46.2 Å². The van der Waals surface area contributed by atoms with Crippen LogP contribution in [0.1, 0.15) is 33.6 Å². The van der Waals surface area contributed by atoms with Crippen LogP contribution in [0.3, 0.4) is 0 Å². The van der Waals surface area contributed by atoms with Gasteiger partial charge in [0.05, 0.1) is 11.5 Å². The fourth-order valence-corrected chi connectivity index (χ4v) is 4.86. The predicted molar refractivity (Wildman–Crippen MR) is 81.0 cm³/mol. The molecule has 0 aliphatic carbocycles. The van der Waals surface area contributed by atoms with Crippen LogP contribution in [0.5, 0.6) is 0 Å².